The smallest absolute Gasteiger partial charge is 0.123 e. The predicted molar refractivity (Wildman–Crippen MR) is 36.5 cm³/mol. The second-order valence-corrected chi connectivity index (χ2v) is 3.90. The molecule has 1 saturated heterocycles. The Labute approximate surface area is 60.0 Å². The minimum absolute atomic E-state index is 0.414. The molecular formula is C8H11NO. The zero-order valence-electron chi connectivity index (χ0n) is 5.84. The highest BCUT2D eigenvalue weighted by molar-refractivity contribution is 5.61. The van der Waals surface area contributed by atoms with E-state index in [4.69, 9.17) is 0 Å². The summed E-state index contributed by atoms with van der Waals surface area (Å²) in [5.74, 6) is 0.414. The number of carbonyl (C=O) groups excluding carboxylic acids is 1. The summed E-state index contributed by atoms with van der Waals surface area (Å²) in [6, 6.07) is 1.45. The van der Waals surface area contributed by atoms with E-state index in [1.807, 2.05) is 0 Å². The van der Waals surface area contributed by atoms with Gasteiger partial charge in [-0.15, -0.1) is 0 Å². The van der Waals surface area contributed by atoms with Crippen LogP contribution in [0.4, 0.5) is 0 Å². The van der Waals surface area contributed by atoms with Crippen LogP contribution in [0, 0.1) is 11.3 Å². The molecule has 4 atom stereocenters. The summed E-state index contributed by atoms with van der Waals surface area (Å²) in [6.07, 6.45) is 4.89. The van der Waals surface area contributed by atoms with Gasteiger partial charge in [-0.3, -0.25) is 0 Å². The van der Waals surface area contributed by atoms with Crippen molar-refractivity contribution in [3.8, 4) is 0 Å². The van der Waals surface area contributed by atoms with Crippen molar-refractivity contribution in [2.45, 2.75) is 31.3 Å². The zero-order valence-corrected chi connectivity index (χ0v) is 5.84. The highest BCUT2D eigenvalue weighted by Crippen LogP contribution is 2.65. The minimum atomic E-state index is 0.414. The van der Waals surface area contributed by atoms with E-state index in [1.54, 1.807) is 0 Å². The van der Waals surface area contributed by atoms with Crippen LogP contribution in [0.1, 0.15) is 19.3 Å². The lowest BCUT2D eigenvalue weighted by Gasteiger charge is -2.74. The number of hydrogen-bond donors (Lipinski definition) is 1. The fourth-order valence-electron chi connectivity index (χ4n) is 3.06. The number of aldehydes is 1. The zero-order chi connectivity index (χ0) is 6.77. The van der Waals surface area contributed by atoms with Crippen LogP contribution in [-0.2, 0) is 4.79 Å². The molecule has 3 fully saturated rings. The largest absolute Gasteiger partial charge is 0.310 e. The molecule has 1 aliphatic heterocycles. The predicted octanol–water partition coefficient (Wildman–Crippen LogP) is 0.326. The quantitative estimate of drug-likeness (QED) is 0.527. The minimum Gasteiger partial charge on any atom is -0.310 e. The number of rotatable bonds is 1. The summed E-state index contributed by atoms with van der Waals surface area (Å²) in [5, 5.41) is 3.47. The molecule has 3 rings (SSSR count). The Bertz CT molecular complexity index is 197. The standard InChI is InChI=1S/C8H11NO/c10-4-5-3-7-8(5)2-1-6(8)9-7/h4-7,9H,1-3H2. The van der Waals surface area contributed by atoms with Crippen LogP contribution in [0.15, 0.2) is 0 Å². The molecule has 1 spiro atoms. The summed E-state index contributed by atoms with van der Waals surface area (Å²) >= 11 is 0. The first-order chi connectivity index (χ1) is 4.88. The monoisotopic (exact) mass is 137 g/mol. The van der Waals surface area contributed by atoms with Gasteiger partial charge in [0.05, 0.1) is 0 Å². The van der Waals surface area contributed by atoms with Gasteiger partial charge in [0.25, 0.3) is 0 Å². The van der Waals surface area contributed by atoms with Gasteiger partial charge in [0.1, 0.15) is 6.29 Å². The van der Waals surface area contributed by atoms with Crippen molar-refractivity contribution in [1.29, 1.82) is 0 Å². The molecule has 2 nitrogen and oxygen atoms in total. The summed E-state index contributed by atoms with van der Waals surface area (Å²) in [4.78, 5) is 10.5. The van der Waals surface area contributed by atoms with Crippen molar-refractivity contribution < 1.29 is 4.79 Å². The van der Waals surface area contributed by atoms with Crippen LogP contribution >= 0.6 is 0 Å². The van der Waals surface area contributed by atoms with Crippen molar-refractivity contribution in [3.05, 3.63) is 0 Å². The van der Waals surface area contributed by atoms with Crippen molar-refractivity contribution in [2.24, 2.45) is 11.3 Å². The molecule has 0 bridgehead atoms. The van der Waals surface area contributed by atoms with Crippen LogP contribution < -0.4 is 5.32 Å². The van der Waals surface area contributed by atoms with Crippen LogP contribution in [0.25, 0.3) is 0 Å². The molecule has 2 saturated carbocycles. The highest BCUT2D eigenvalue weighted by atomic mass is 16.1. The van der Waals surface area contributed by atoms with E-state index in [2.05, 4.69) is 5.32 Å². The molecular weight excluding hydrogens is 126 g/mol. The molecule has 3 aliphatic rings. The van der Waals surface area contributed by atoms with Crippen LogP contribution in [0.2, 0.25) is 0 Å². The molecule has 1 heterocycles. The van der Waals surface area contributed by atoms with Gasteiger partial charge >= 0.3 is 0 Å². The molecule has 2 heteroatoms. The van der Waals surface area contributed by atoms with E-state index < -0.39 is 0 Å². The van der Waals surface area contributed by atoms with Crippen LogP contribution in [-0.4, -0.2) is 18.4 Å². The number of carbonyl (C=O) groups is 1. The molecule has 10 heavy (non-hydrogen) atoms. The highest BCUT2D eigenvalue weighted by Gasteiger charge is 2.70. The van der Waals surface area contributed by atoms with Gasteiger partial charge in [-0.25, -0.2) is 0 Å². The van der Waals surface area contributed by atoms with Gasteiger partial charge in [0.15, 0.2) is 0 Å². The van der Waals surface area contributed by atoms with Crippen molar-refractivity contribution in [2.75, 3.05) is 0 Å². The van der Waals surface area contributed by atoms with Gasteiger partial charge in [-0.1, -0.05) is 0 Å². The lowest BCUT2D eigenvalue weighted by molar-refractivity contribution is -0.199. The molecule has 4 unspecified atom stereocenters. The number of nitrogens with one attached hydrogen (secondary N) is 1. The van der Waals surface area contributed by atoms with Gasteiger partial charge < -0.3 is 10.1 Å². The lowest BCUT2D eigenvalue weighted by Crippen LogP contribution is -2.84. The first-order valence-corrected chi connectivity index (χ1v) is 4.09. The van der Waals surface area contributed by atoms with Crippen molar-refractivity contribution in [3.63, 3.8) is 0 Å². The van der Waals surface area contributed by atoms with E-state index in [0.29, 0.717) is 11.3 Å². The third-order valence-corrected chi connectivity index (χ3v) is 3.91. The van der Waals surface area contributed by atoms with E-state index in [0.717, 1.165) is 18.5 Å². The van der Waals surface area contributed by atoms with E-state index in [1.165, 1.54) is 19.1 Å². The second-order valence-electron chi connectivity index (χ2n) is 3.90. The average Bonchev–Trinajstić information content (AvgIpc) is 1.85. The molecule has 1 N–H and O–H groups in total. The molecule has 54 valence electrons. The Balaban J connectivity index is 1.90. The lowest BCUT2D eigenvalue weighted by atomic mass is 9.39. The molecule has 0 amide bonds. The normalized spacial score (nSPS) is 62.2. The Morgan fingerprint density at radius 2 is 2.40 bits per heavy atom. The summed E-state index contributed by atoms with van der Waals surface area (Å²) in [5.41, 5.74) is 0.488. The first-order valence-electron chi connectivity index (χ1n) is 4.09. The Hall–Kier alpha value is -0.370. The fourth-order valence-corrected chi connectivity index (χ4v) is 3.06. The van der Waals surface area contributed by atoms with Gasteiger partial charge in [0.2, 0.25) is 0 Å². The molecule has 0 aromatic rings. The molecule has 0 aromatic carbocycles. The molecule has 2 aliphatic carbocycles. The summed E-state index contributed by atoms with van der Waals surface area (Å²) in [6.45, 7) is 0. The first kappa shape index (κ1) is 5.30. The average molecular weight is 137 g/mol. The molecule has 0 aromatic heterocycles. The van der Waals surface area contributed by atoms with Gasteiger partial charge in [-0.05, 0) is 19.3 Å². The van der Waals surface area contributed by atoms with Gasteiger partial charge in [-0.2, -0.15) is 0 Å². The number of piperidine rings is 2. The van der Waals surface area contributed by atoms with Crippen LogP contribution in [0.5, 0.6) is 0 Å². The SMILES string of the molecule is O=CC1CC2NC3CCC132. The fraction of sp³-hybridized carbons (Fsp3) is 0.875. The van der Waals surface area contributed by atoms with Crippen molar-refractivity contribution in [1.82, 2.24) is 5.32 Å². The Morgan fingerprint density at radius 1 is 1.50 bits per heavy atom. The number of hydrogen-bond acceptors (Lipinski definition) is 2. The van der Waals surface area contributed by atoms with Gasteiger partial charge in [0, 0.05) is 23.4 Å². The molecule has 0 radical (unpaired) electrons. The third kappa shape index (κ3) is 0.297. The second kappa shape index (κ2) is 1.30. The van der Waals surface area contributed by atoms with E-state index >= 15 is 0 Å². The Morgan fingerprint density at radius 3 is 2.70 bits per heavy atom. The van der Waals surface area contributed by atoms with E-state index in [-0.39, 0.29) is 0 Å². The Kier molecular flexibility index (Phi) is 0.691. The topological polar surface area (TPSA) is 29.1 Å². The third-order valence-electron chi connectivity index (χ3n) is 3.91. The summed E-state index contributed by atoms with van der Waals surface area (Å²) in [7, 11) is 0. The van der Waals surface area contributed by atoms with E-state index in [9.17, 15) is 4.79 Å². The summed E-state index contributed by atoms with van der Waals surface area (Å²) < 4.78 is 0. The van der Waals surface area contributed by atoms with Crippen molar-refractivity contribution >= 4 is 6.29 Å². The maximum Gasteiger partial charge on any atom is 0.123 e. The van der Waals surface area contributed by atoms with Crippen LogP contribution in [0.3, 0.4) is 0 Å². The maximum absolute atomic E-state index is 10.5. The maximum atomic E-state index is 10.5.